The number of aliphatic hydroxyl groups excluding tert-OH is 4. The molecule has 404 valence electrons. The number of nitrogens with one attached hydrogen (secondary N) is 1. The Morgan fingerprint density at radius 1 is 0.353 bits per heavy atom. The molecule has 0 aromatic heterocycles. The SMILES string of the molecule is CCCCCCCCCCCCC/C=C/CC/C=C/CCCC(O)C(O)C(CO)NC(=O)C(O)CCCCCCCCCCCCCCCCCCCCCCCCCCCCCCCCCC. The number of hydrogen-bond acceptors (Lipinski definition) is 5. The van der Waals surface area contributed by atoms with Crippen molar-refractivity contribution in [2.75, 3.05) is 6.61 Å². The topological polar surface area (TPSA) is 110 Å². The van der Waals surface area contributed by atoms with Crippen LogP contribution in [0.1, 0.15) is 335 Å². The van der Waals surface area contributed by atoms with E-state index in [1.807, 2.05) is 0 Å². The Balaban J connectivity index is 3.58. The van der Waals surface area contributed by atoms with Crippen LogP contribution < -0.4 is 5.32 Å². The number of allylic oxidation sites excluding steroid dienone is 4. The van der Waals surface area contributed by atoms with Gasteiger partial charge in [-0.25, -0.2) is 0 Å². The molecule has 0 fully saturated rings. The Kier molecular flexibility index (Phi) is 55.7. The first kappa shape index (κ1) is 66.8. The summed E-state index contributed by atoms with van der Waals surface area (Å²) in [5.41, 5.74) is 0. The fourth-order valence-electron chi connectivity index (χ4n) is 9.84. The average molecular weight is 961 g/mol. The number of unbranched alkanes of at least 4 members (excludes halogenated alkanes) is 44. The highest BCUT2D eigenvalue weighted by atomic mass is 16.3. The third kappa shape index (κ3) is 49.8. The van der Waals surface area contributed by atoms with Crippen molar-refractivity contribution in [3.8, 4) is 0 Å². The number of carbonyl (C=O) groups is 1. The zero-order valence-corrected chi connectivity index (χ0v) is 45.9. The lowest BCUT2D eigenvalue weighted by Gasteiger charge is -2.27. The van der Waals surface area contributed by atoms with Crippen LogP contribution in [-0.2, 0) is 4.79 Å². The average Bonchev–Trinajstić information content (AvgIpc) is 3.34. The molecule has 6 heteroatoms. The van der Waals surface area contributed by atoms with Crippen LogP contribution in [0.2, 0.25) is 0 Å². The van der Waals surface area contributed by atoms with E-state index in [9.17, 15) is 25.2 Å². The summed E-state index contributed by atoms with van der Waals surface area (Å²) in [4.78, 5) is 12.6. The highest BCUT2D eigenvalue weighted by Gasteiger charge is 2.28. The van der Waals surface area contributed by atoms with E-state index >= 15 is 0 Å². The van der Waals surface area contributed by atoms with Crippen molar-refractivity contribution in [1.29, 1.82) is 0 Å². The van der Waals surface area contributed by atoms with Crippen molar-refractivity contribution in [2.45, 2.75) is 359 Å². The van der Waals surface area contributed by atoms with E-state index in [4.69, 9.17) is 0 Å². The molecule has 0 aliphatic heterocycles. The summed E-state index contributed by atoms with van der Waals surface area (Å²) in [5, 5.41) is 44.0. The van der Waals surface area contributed by atoms with E-state index in [1.54, 1.807) is 0 Å². The molecule has 0 heterocycles. The van der Waals surface area contributed by atoms with E-state index < -0.39 is 36.9 Å². The molecule has 68 heavy (non-hydrogen) atoms. The van der Waals surface area contributed by atoms with E-state index in [0.717, 1.165) is 38.5 Å². The molecule has 4 unspecified atom stereocenters. The van der Waals surface area contributed by atoms with Crippen LogP contribution in [0.15, 0.2) is 24.3 Å². The van der Waals surface area contributed by atoms with Gasteiger partial charge in [0.25, 0.3) is 0 Å². The van der Waals surface area contributed by atoms with Gasteiger partial charge in [0, 0.05) is 0 Å². The molecule has 0 bridgehead atoms. The number of amides is 1. The van der Waals surface area contributed by atoms with Gasteiger partial charge in [-0.05, 0) is 51.4 Å². The fourth-order valence-corrected chi connectivity index (χ4v) is 9.84. The second kappa shape index (κ2) is 56.7. The molecule has 0 aromatic rings. The van der Waals surface area contributed by atoms with Crippen LogP contribution in [0, 0.1) is 0 Å². The summed E-state index contributed by atoms with van der Waals surface area (Å²) in [5.74, 6) is -0.591. The van der Waals surface area contributed by atoms with Crippen molar-refractivity contribution in [1.82, 2.24) is 5.32 Å². The Morgan fingerprint density at radius 3 is 0.926 bits per heavy atom. The first-order valence-corrected chi connectivity index (χ1v) is 30.7. The summed E-state index contributed by atoms with van der Waals surface area (Å²) in [6, 6.07) is -1.01. The van der Waals surface area contributed by atoms with Crippen molar-refractivity contribution in [2.24, 2.45) is 0 Å². The third-order valence-corrected chi connectivity index (χ3v) is 14.6. The lowest BCUT2D eigenvalue weighted by atomic mass is 10.00. The minimum absolute atomic E-state index is 0.365. The maximum absolute atomic E-state index is 12.6. The normalized spacial score (nSPS) is 13.8. The molecular weight excluding hydrogens is 839 g/mol. The molecule has 0 rings (SSSR count). The number of hydrogen-bond donors (Lipinski definition) is 5. The summed E-state index contributed by atoms with van der Waals surface area (Å²) >= 11 is 0. The van der Waals surface area contributed by atoms with Gasteiger partial charge in [0.05, 0.1) is 18.8 Å². The minimum atomic E-state index is -1.29. The Bertz CT molecular complexity index is 1030. The van der Waals surface area contributed by atoms with Crippen molar-refractivity contribution in [3.63, 3.8) is 0 Å². The summed E-state index contributed by atoms with van der Waals surface area (Å²) in [7, 11) is 0. The molecule has 0 aliphatic carbocycles. The summed E-state index contributed by atoms with van der Waals surface area (Å²) in [6.07, 6.45) is 69.9. The third-order valence-electron chi connectivity index (χ3n) is 14.6. The first-order chi connectivity index (χ1) is 33.5. The monoisotopic (exact) mass is 960 g/mol. The van der Waals surface area contributed by atoms with Gasteiger partial charge in [-0.1, -0.05) is 308 Å². The van der Waals surface area contributed by atoms with Gasteiger partial charge in [-0.3, -0.25) is 4.79 Å². The largest absolute Gasteiger partial charge is 0.394 e. The smallest absolute Gasteiger partial charge is 0.249 e. The second-order valence-corrected chi connectivity index (χ2v) is 21.4. The van der Waals surface area contributed by atoms with Crippen LogP contribution in [-0.4, -0.2) is 57.3 Å². The molecule has 4 atom stereocenters. The predicted molar refractivity (Wildman–Crippen MR) is 298 cm³/mol. The Hall–Kier alpha value is -1.21. The van der Waals surface area contributed by atoms with Gasteiger partial charge in [0.15, 0.2) is 0 Å². The van der Waals surface area contributed by atoms with Gasteiger partial charge in [-0.2, -0.15) is 0 Å². The molecule has 0 aromatic carbocycles. The molecule has 1 amide bonds. The molecular formula is C62H121NO5. The van der Waals surface area contributed by atoms with Gasteiger partial charge in [0.2, 0.25) is 5.91 Å². The number of carbonyl (C=O) groups excluding carboxylic acids is 1. The van der Waals surface area contributed by atoms with Gasteiger partial charge >= 0.3 is 0 Å². The lowest BCUT2D eigenvalue weighted by molar-refractivity contribution is -0.132. The minimum Gasteiger partial charge on any atom is -0.394 e. The molecule has 0 saturated carbocycles. The fraction of sp³-hybridized carbons (Fsp3) is 0.919. The standard InChI is InChI=1S/C62H121NO5/c1-3-5-7-9-11-13-15-17-19-21-23-25-26-27-28-29-30-31-32-33-34-35-36-38-40-42-44-46-48-50-52-54-56-60(66)62(68)63-58(57-64)61(67)59(65)55-53-51-49-47-45-43-41-39-37-24-22-20-18-16-14-12-10-8-6-4-2/h39,41,47,49,58-61,64-67H,3-38,40,42-46,48,50-57H2,1-2H3,(H,63,68)/b41-39+,49-47+. The molecule has 0 aliphatic rings. The second-order valence-electron chi connectivity index (χ2n) is 21.4. The van der Waals surface area contributed by atoms with Crippen LogP contribution >= 0.6 is 0 Å². The maximum Gasteiger partial charge on any atom is 0.249 e. The summed E-state index contributed by atoms with van der Waals surface area (Å²) < 4.78 is 0. The zero-order valence-electron chi connectivity index (χ0n) is 45.9. The van der Waals surface area contributed by atoms with E-state index in [1.165, 1.54) is 263 Å². The number of rotatable bonds is 57. The highest BCUT2D eigenvalue weighted by molar-refractivity contribution is 5.80. The zero-order chi connectivity index (χ0) is 49.5. The van der Waals surface area contributed by atoms with Crippen molar-refractivity contribution in [3.05, 3.63) is 24.3 Å². The van der Waals surface area contributed by atoms with Crippen LogP contribution in [0.5, 0.6) is 0 Å². The lowest BCUT2D eigenvalue weighted by Crippen LogP contribution is -2.53. The van der Waals surface area contributed by atoms with Gasteiger partial charge < -0.3 is 25.7 Å². The van der Waals surface area contributed by atoms with Crippen molar-refractivity contribution >= 4 is 5.91 Å². The number of aliphatic hydroxyl groups is 4. The van der Waals surface area contributed by atoms with Gasteiger partial charge in [-0.15, -0.1) is 0 Å². The molecule has 0 radical (unpaired) electrons. The Morgan fingerprint density at radius 2 is 0.618 bits per heavy atom. The summed E-state index contributed by atoms with van der Waals surface area (Å²) in [6.45, 7) is 4.08. The van der Waals surface area contributed by atoms with E-state index in [2.05, 4.69) is 43.5 Å². The van der Waals surface area contributed by atoms with Gasteiger partial charge in [0.1, 0.15) is 12.2 Å². The molecule has 5 N–H and O–H groups in total. The quantitative estimate of drug-likeness (QED) is 0.0308. The molecule has 0 saturated heterocycles. The first-order valence-electron chi connectivity index (χ1n) is 30.7. The highest BCUT2D eigenvalue weighted by Crippen LogP contribution is 2.18. The predicted octanol–water partition coefficient (Wildman–Crippen LogP) is 18.2. The van der Waals surface area contributed by atoms with E-state index in [-0.39, 0.29) is 0 Å². The van der Waals surface area contributed by atoms with Crippen molar-refractivity contribution < 1.29 is 25.2 Å². The maximum atomic E-state index is 12.6. The van der Waals surface area contributed by atoms with Crippen LogP contribution in [0.25, 0.3) is 0 Å². The molecule has 6 nitrogen and oxygen atoms in total. The molecule has 0 spiro atoms. The van der Waals surface area contributed by atoms with E-state index in [0.29, 0.717) is 19.3 Å². The Labute approximate surface area is 425 Å². The van der Waals surface area contributed by atoms with Crippen LogP contribution in [0.4, 0.5) is 0 Å². The van der Waals surface area contributed by atoms with Crippen LogP contribution in [0.3, 0.4) is 0 Å².